The molecule has 0 aliphatic carbocycles. The number of ether oxygens (including phenoxy) is 4. The summed E-state index contributed by atoms with van der Waals surface area (Å²) in [6.45, 7) is 13.1. The highest BCUT2D eigenvalue weighted by atomic mass is 32.2. The summed E-state index contributed by atoms with van der Waals surface area (Å²) in [4.78, 5) is 18.9. The number of hydrogen-bond donors (Lipinski definition) is 1. The van der Waals surface area contributed by atoms with Crippen LogP contribution < -0.4 is 19.1 Å². The maximum atomic E-state index is 13.0. The second kappa shape index (κ2) is 18.1. The molecule has 0 aliphatic heterocycles. The van der Waals surface area contributed by atoms with Crippen LogP contribution in [0.15, 0.2) is 108 Å². The summed E-state index contributed by atoms with van der Waals surface area (Å²) in [5, 5.41) is -0.222. The topological polar surface area (TPSA) is 138 Å². The van der Waals surface area contributed by atoms with Crippen LogP contribution in [0.3, 0.4) is 0 Å². The minimum Gasteiger partial charge on any atom is -0.497 e. The first-order valence-corrected chi connectivity index (χ1v) is 23.9. The number of aromatic nitrogens is 4. The lowest BCUT2D eigenvalue weighted by Gasteiger charge is -2.36. The number of benzene rings is 4. The average Bonchev–Trinajstić information content (AvgIpc) is 3.62. The monoisotopic (exact) mass is 823 g/mol. The third-order valence-corrected chi connectivity index (χ3v) is 15.7. The molecular weight excluding hydrogens is 771 g/mol. The number of H-pyrrole nitrogens is 1. The van der Waals surface area contributed by atoms with E-state index in [0.717, 1.165) is 45.6 Å². The summed E-state index contributed by atoms with van der Waals surface area (Å²) in [6.07, 6.45) is 0.520. The number of hydrogen-bond acceptors (Lipinski definition) is 11. The summed E-state index contributed by atoms with van der Waals surface area (Å²) >= 11 is 0. The molecule has 0 bridgehead atoms. The van der Waals surface area contributed by atoms with Crippen LogP contribution in [0.4, 0.5) is 5.82 Å². The Morgan fingerprint density at radius 3 is 1.88 bits per heavy atom. The van der Waals surface area contributed by atoms with E-state index in [-0.39, 0.29) is 28.5 Å². The predicted octanol–water partition coefficient (Wildman–Crippen LogP) is 8.84. The van der Waals surface area contributed by atoms with Gasteiger partial charge in [-0.15, -0.1) is 0 Å². The van der Waals surface area contributed by atoms with E-state index in [2.05, 4.69) is 65.9 Å². The van der Waals surface area contributed by atoms with E-state index >= 15 is 0 Å². The van der Waals surface area contributed by atoms with Crippen molar-refractivity contribution >= 4 is 35.1 Å². The first kappa shape index (κ1) is 42.3. The van der Waals surface area contributed by atoms with Crippen LogP contribution in [0.1, 0.15) is 54.7 Å². The molecule has 0 amide bonds. The zero-order valence-electron chi connectivity index (χ0n) is 34.5. The van der Waals surface area contributed by atoms with Crippen molar-refractivity contribution in [3.8, 4) is 17.5 Å². The number of aromatic amines is 1. The number of nitrogens with one attached hydrogen (secondary N) is 1. The molecule has 0 radical (unpaired) electrons. The van der Waals surface area contributed by atoms with Crippen LogP contribution in [0.2, 0.25) is 18.1 Å². The van der Waals surface area contributed by atoms with Gasteiger partial charge in [0.25, 0.3) is 11.2 Å². The van der Waals surface area contributed by atoms with E-state index < -0.39 is 24.3 Å². The van der Waals surface area contributed by atoms with Crippen LogP contribution in [0, 0.1) is 0 Å². The van der Waals surface area contributed by atoms with Crippen molar-refractivity contribution in [1.29, 1.82) is 0 Å². The minimum absolute atomic E-state index is 0.123. The van der Waals surface area contributed by atoms with Gasteiger partial charge >= 0.3 is 0 Å². The largest absolute Gasteiger partial charge is 0.497 e. The molecule has 12 nitrogen and oxygen atoms in total. The fourth-order valence-corrected chi connectivity index (χ4v) is 7.44. The minimum atomic E-state index is -3.83. The molecule has 4 aromatic carbocycles. The van der Waals surface area contributed by atoms with E-state index in [0.29, 0.717) is 37.6 Å². The SMILES string of the molecule is COc1ccc(CN(Cc2ccc(OC)cc2)c2nc(S(C)(=O)=O)nc3nc(OC(COCc4cccc(CO[Si](C)(C)C(C)(C)C)c4)c4ccccc4)[nH]c23)cc1. The zero-order valence-corrected chi connectivity index (χ0v) is 36.3. The number of sulfone groups is 1. The number of rotatable bonds is 18. The van der Waals surface area contributed by atoms with Gasteiger partial charge in [0.1, 0.15) is 17.0 Å². The molecule has 0 aliphatic rings. The molecule has 2 heterocycles. The Morgan fingerprint density at radius 1 is 0.741 bits per heavy atom. The van der Waals surface area contributed by atoms with Crippen molar-refractivity contribution in [3.63, 3.8) is 0 Å². The zero-order chi connectivity index (χ0) is 41.5. The van der Waals surface area contributed by atoms with Crippen LogP contribution in [-0.2, 0) is 45.3 Å². The first-order valence-electron chi connectivity index (χ1n) is 19.1. The summed E-state index contributed by atoms with van der Waals surface area (Å²) in [7, 11) is -2.50. The van der Waals surface area contributed by atoms with Crippen molar-refractivity contribution < 1.29 is 31.8 Å². The third-order valence-electron chi connectivity index (χ3n) is 10.3. The quantitative estimate of drug-likeness (QED) is 0.0658. The average molecular weight is 824 g/mol. The molecule has 6 rings (SSSR count). The van der Waals surface area contributed by atoms with E-state index in [9.17, 15) is 8.42 Å². The predicted molar refractivity (Wildman–Crippen MR) is 229 cm³/mol. The van der Waals surface area contributed by atoms with Gasteiger partial charge in [-0.2, -0.15) is 15.0 Å². The fourth-order valence-electron chi connectivity index (χ4n) is 5.97. The van der Waals surface area contributed by atoms with Gasteiger partial charge in [0.05, 0.1) is 34.0 Å². The van der Waals surface area contributed by atoms with Crippen molar-refractivity contribution in [2.45, 2.75) is 76.5 Å². The number of methoxy groups -OCH3 is 2. The molecule has 0 saturated carbocycles. The lowest BCUT2D eigenvalue weighted by Crippen LogP contribution is -2.40. The molecule has 0 spiro atoms. The lowest BCUT2D eigenvalue weighted by molar-refractivity contribution is 0.0365. The molecular formula is C44H53N5O7SSi. The fraction of sp³-hybridized carbons (Fsp3) is 0.341. The summed E-state index contributed by atoms with van der Waals surface area (Å²) in [5.41, 5.74) is 5.48. The van der Waals surface area contributed by atoms with E-state index in [1.807, 2.05) is 95.9 Å². The number of fused-ring (bicyclic) bond motifs is 1. The number of imidazole rings is 1. The highest BCUT2D eigenvalue weighted by Gasteiger charge is 2.37. The Kier molecular flexibility index (Phi) is 13.2. The van der Waals surface area contributed by atoms with Gasteiger partial charge in [0.15, 0.2) is 25.9 Å². The molecule has 14 heteroatoms. The van der Waals surface area contributed by atoms with Gasteiger partial charge in [-0.05, 0) is 70.2 Å². The van der Waals surface area contributed by atoms with E-state index in [1.54, 1.807) is 14.2 Å². The van der Waals surface area contributed by atoms with E-state index in [1.165, 1.54) is 0 Å². The van der Waals surface area contributed by atoms with Crippen molar-refractivity contribution in [2.24, 2.45) is 0 Å². The number of nitrogens with zero attached hydrogens (tertiary/aromatic N) is 4. The first-order chi connectivity index (χ1) is 27.6. The maximum absolute atomic E-state index is 13.0. The summed E-state index contributed by atoms with van der Waals surface area (Å²) in [6, 6.07) is 33.5. The van der Waals surface area contributed by atoms with Crippen molar-refractivity contribution in [1.82, 2.24) is 19.9 Å². The Labute approximate surface area is 342 Å². The van der Waals surface area contributed by atoms with Crippen LogP contribution in [-0.4, -0.2) is 63.8 Å². The van der Waals surface area contributed by atoms with Gasteiger partial charge < -0.3 is 33.3 Å². The third kappa shape index (κ3) is 10.8. The highest BCUT2D eigenvalue weighted by Crippen LogP contribution is 2.37. The molecule has 2 aromatic heterocycles. The van der Waals surface area contributed by atoms with Gasteiger partial charge in [0, 0.05) is 19.3 Å². The molecule has 0 fully saturated rings. The molecule has 1 atom stereocenters. The second-order valence-electron chi connectivity index (χ2n) is 15.8. The summed E-state index contributed by atoms with van der Waals surface area (Å²) in [5.74, 6) is 1.80. The van der Waals surface area contributed by atoms with Gasteiger partial charge in [-0.3, -0.25) is 0 Å². The van der Waals surface area contributed by atoms with Gasteiger partial charge in [-0.1, -0.05) is 99.6 Å². The molecule has 1 unspecified atom stereocenters. The van der Waals surface area contributed by atoms with Crippen LogP contribution in [0.5, 0.6) is 17.5 Å². The Hall–Kier alpha value is -5.28. The molecule has 58 heavy (non-hydrogen) atoms. The van der Waals surface area contributed by atoms with Crippen LogP contribution >= 0.6 is 0 Å². The summed E-state index contributed by atoms with van der Waals surface area (Å²) < 4.78 is 56.0. The highest BCUT2D eigenvalue weighted by molar-refractivity contribution is 7.90. The smallest absolute Gasteiger partial charge is 0.296 e. The van der Waals surface area contributed by atoms with Gasteiger partial charge in [0.2, 0.25) is 9.84 Å². The number of anilines is 1. The van der Waals surface area contributed by atoms with Gasteiger partial charge in [-0.25, -0.2) is 8.42 Å². The Bertz CT molecular complexity index is 2340. The molecule has 1 N–H and O–H groups in total. The second-order valence-corrected chi connectivity index (χ2v) is 22.5. The van der Waals surface area contributed by atoms with Crippen LogP contribution in [0.25, 0.3) is 11.2 Å². The lowest BCUT2D eigenvalue weighted by atomic mass is 10.1. The van der Waals surface area contributed by atoms with Crippen molar-refractivity contribution in [3.05, 3.63) is 131 Å². The Morgan fingerprint density at radius 2 is 1.33 bits per heavy atom. The molecule has 306 valence electrons. The Balaban J connectivity index is 1.29. The maximum Gasteiger partial charge on any atom is 0.296 e. The molecule has 0 saturated heterocycles. The van der Waals surface area contributed by atoms with E-state index in [4.69, 9.17) is 23.4 Å². The molecule has 6 aromatic rings. The standard InChI is InChI=1S/C44H53N5O7SSi/c1-44(2,3)58(7,8)55-29-34-14-12-13-33(25-34)28-54-30-38(35-15-10-9-11-16-35)56-42-45-39-40(46-42)47-43(57(6,50)51)48-41(39)49(26-31-17-21-36(52-4)22-18-31)27-32-19-23-37(53-5)24-20-32/h9-25,38H,26-30H2,1-8H3,(H,45,46,47,48). The normalized spacial score (nSPS) is 12.7. The van der Waals surface area contributed by atoms with Crippen molar-refractivity contribution in [2.75, 3.05) is 32.0 Å².